The number of piperazine rings is 1. The summed E-state index contributed by atoms with van der Waals surface area (Å²) in [6.07, 6.45) is 1.90. The maximum atomic E-state index is 12.0. The van der Waals surface area contributed by atoms with Gasteiger partial charge in [0.2, 0.25) is 0 Å². The van der Waals surface area contributed by atoms with Crippen LogP contribution in [0.4, 0.5) is 5.69 Å². The van der Waals surface area contributed by atoms with Gasteiger partial charge in [0.05, 0.1) is 23.2 Å². The van der Waals surface area contributed by atoms with Gasteiger partial charge in [0.25, 0.3) is 0 Å². The van der Waals surface area contributed by atoms with Crippen molar-refractivity contribution < 1.29 is 19.4 Å². The minimum absolute atomic E-state index is 0.0171. The summed E-state index contributed by atoms with van der Waals surface area (Å²) in [7, 11) is 1.75. The summed E-state index contributed by atoms with van der Waals surface area (Å²) in [5.41, 5.74) is 4.24. The van der Waals surface area contributed by atoms with Crippen LogP contribution in [-0.4, -0.2) is 78.3 Å². The molecule has 0 bridgehead atoms. The van der Waals surface area contributed by atoms with Gasteiger partial charge < -0.3 is 19.5 Å². The van der Waals surface area contributed by atoms with Crippen LogP contribution in [0.15, 0.2) is 48.8 Å². The lowest BCUT2D eigenvalue weighted by atomic mass is 10.2. The summed E-state index contributed by atoms with van der Waals surface area (Å²) in [6.45, 7) is 5.68. The van der Waals surface area contributed by atoms with Crippen molar-refractivity contribution in [2.75, 3.05) is 51.4 Å². The molecule has 1 fully saturated rings. The number of carbonyl (C=O) groups is 1. The second-order valence-electron chi connectivity index (χ2n) is 7.56. The standard InChI is InChI=1S/C23H28N4O4/c1-17(30-2)25-8-10-26(11-9-25)19-4-3-5-20(15-19)27-16-24-21-14-18(6-7-22(21)27)23(29)31-13-12-28/h3-7,14-17,28H,8-13H2,1-2H3. The summed E-state index contributed by atoms with van der Waals surface area (Å²) in [6, 6.07) is 13.7. The van der Waals surface area contributed by atoms with Gasteiger partial charge in [-0.2, -0.15) is 0 Å². The number of rotatable bonds is 7. The number of aliphatic hydroxyl groups is 1. The molecule has 2 aromatic carbocycles. The largest absolute Gasteiger partial charge is 0.460 e. The van der Waals surface area contributed by atoms with Gasteiger partial charge in [-0.05, 0) is 43.3 Å². The third kappa shape index (κ3) is 4.56. The molecule has 4 rings (SSSR count). The molecule has 0 spiro atoms. The van der Waals surface area contributed by atoms with E-state index >= 15 is 0 Å². The number of hydrogen-bond acceptors (Lipinski definition) is 7. The number of aliphatic hydroxyl groups excluding tert-OH is 1. The van der Waals surface area contributed by atoms with E-state index < -0.39 is 5.97 Å². The van der Waals surface area contributed by atoms with E-state index in [1.165, 1.54) is 5.69 Å². The van der Waals surface area contributed by atoms with E-state index in [2.05, 4.69) is 46.0 Å². The molecule has 2 heterocycles. The van der Waals surface area contributed by atoms with Gasteiger partial charge >= 0.3 is 5.97 Å². The molecule has 8 heteroatoms. The van der Waals surface area contributed by atoms with Crippen LogP contribution in [0.3, 0.4) is 0 Å². The SMILES string of the molecule is COC(C)N1CCN(c2cccc(-n3cnc4cc(C(=O)OCCO)ccc43)c2)CC1. The number of benzene rings is 2. The zero-order chi connectivity index (χ0) is 21.8. The van der Waals surface area contributed by atoms with Crippen molar-refractivity contribution in [3.63, 3.8) is 0 Å². The molecule has 31 heavy (non-hydrogen) atoms. The lowest BCUT2D eigenvalue weighted by Crippen LogP contribution is -2.50. The fourth-order valence-corrected chi connectivity index (χ4v) is 3.90. The Labute approximate surface area is 181 Å². The number of ether oxygens (including phenoxy) is 2. The molecular formula is C23H28N4O4. The molecule has 1 saturated heterocycles. The zero-order valence-corrected chi connectivity index (χ0v) is 17.9. The Balaban J connectivity index is 1.53. The topological polar surface area (TPSA) is 80.1 Å². The number of esters is 1. The Hall–Kier alpha value is -2.94. The van der Waals surface area contributed by atoms with Crippen LogP contribution < -0.4 is 4.90 Å². The maximum absolute atomic E-state index is 12.0. The van der Waals surface area contributed by atoms with Crippen LogP contribution in [0.25, 0.3) is 16.7 Å². The van der Waals surface area contributed by atoms with Gasteiger partial charge in [-0.25, -0.2) is 9.78 Å². The highest BCUT2D eigenvalue weighted by atomic mass is 16.5. The minimum Gasteiger partial charge on any atom is -0.460 e. The Morgan fingerprint density at radius 2 is 1.90 bits per heavy atom. The molecule has 0 radical (unpaired) electrons. The average Bonchev–Trinajstić information content (AvgIpc) is 3.25. The van der Waals surface area contributed by atoms with Crippen LogP contribution in [-0.2, 0) is 9.47 Å². The molecule has 1 aliphatic rings. The predicted molar refractivity (Wildman–Crippen MR) is 119 cm³/mol. The fourth-order valence-electron chi connectivity index (χ4n) is 3.90. The van der Waals surface area contributed by atoms with Crippen molar-refractivity contribution in [1.82, 2.24) is 14.5 Å². The van der Waals surface area contributed by atoms with Crippen LogP contribution in [0, 0.1) is 0 Å². The van der Waals surface area contributed by atoms with E-state index in [1.807, 2.05) is 10.6 Å². The fraction of sp³-hybridized carbons (Fsp3) is 0.391. The van der Waals surface area contributed by atoms with Gasteiger partial charge in [0.1, 0.15) is 19.2 Å². The van der Waals surface area contributed by atoms with E-state index in [9.17, 15) is 4.79 Å². The summed E-state index contributed by atoms with van der Waals surface area (Å²) < 4.78 is 12.4. The maximum Gasteiger partial charge on any atom is 0.338 e. The minimum atomic E-state index is -0.463. The Morgan fingerprint density at radius 1 is 1.13 bits per heavy atom. The molecule has 0 aliphatic carbocycles. The van der Waals surface area contributed by atoms with Gasteiger partial charge in [-0.15, -0.1) is 0 Å². The van der Waals surface area contributed by atoms with Gasteiger partial charge in [0.15, 0.2) is 0 Å². The molecule has 1 aliphatic heterocycles. The third-order valence-electron chi connectivity index (χ3n) is 5.75. The Morgan fingerprint density at radius 3 is 2.65 bits per heavy atom. The molecule has 0 amide bonds. The number of nitrogens with zero attached hydrogens (tertiary/aromatic N) is 4. The summed E-state index contributed by atoms with van der Waals surface area (Å²) >= 11 is 0. The first-order valence-electron chi connectivity index (χ1n) is 10.5. The quantitative estimate of drug-likeness (QED) is 0.583. The lowest BCUT2D eigenvalue weighted by Gasteiger charge is -2.38. The van der Waals surface area contributed by atoms with E-state index in [0.717, 1.165) is 37.4 Å². The van der Waals surface area contributed by atoms with Gasteiger partial charge in [-0.1, -0.05) is 6.07 Å². The number of methoxy groups -OCH3 is 1. The molecule has 1 atom stereocenters. The number of hydrogen-bond donors (Lipinski definition) is 1. The van der Waals surface area contributed by atoms with E-state index in [4.69, 9.17) is 14.6 Å². The van der Waals surface area contributed by atoms with Crippen molar-refractivity contribution in [3.8, 4) is 5.69 Å². The zero-order valence-electron chi connectivity index (χ0n) is 17.9. The number of anilines is 1. The molecule has 164 valence electrons. The van der Waals surface area contributed by atoms with E-state index in [-0.39, 0.29) is 19.4 Å². The van der Waals surface area contributed by atoms with Gasteiger partial charge in [-0.3, -0.25) is 9.47 Å². The Bertz CT molecular complexity index is 1040. The van der Waals surface area contributed by atoms with Crippen molar-refractivity contribution in [2.24, 2.45) is 0 Å². The summed E-state index contributed by atoms with van der Waals surface area (Å²) in [5, 5.41) is 8.82. The normalized spacial score (nSPS) is 15.9. The highest BCUT2D eigenvalue weighted by Gasteiger charge is 2.21. The molecule has 3 aromatic rings. The van der Waals surface area contributed by atoms with E-state index in [1.54, 1.807) is 25.6 Å². The predicted octanol–water partition coefficient (Wildman–Crippen LogP) is 2.29. The number of fused-ring (bicyclic) bond motifs is 1. The summed E-state index contributed by atoms with van der Waals surface area (Å²) in [5.74, 6) is -0.463. The van der Waals surface area contributed by atoms with Crippen molar-refractivity contribution in [3.05, 3.63) is 54.4 Å². The van der Waals surface area contributed by atoms with Gasteiger partial charge in [0, 0.05) is 44.7 Å². The average molecular weight is 425 g/mol. The number of aromatic nitrogens is 2. The number of carbonyl (C=O) groups excluding carboxylic acids is 1. The first-order valence-corrected chi connectivity index (χ1v) is 10.5. The second-order valence-corrected chi connectivity index (χ2v) is 7.56. The monoisotopic (exact) mass is 424 g/mol. The van der Waals surface area contributed by atoms with Crippen molar-refractivity contribution >= 4 is 22.7 Å². The van der Waals surface area contributed by atoms with Crippen LogP contribution in [0.5, 0.6) is 0 Å². The summed E-state index contributed by atoms with van der Waals surface area (Å²) in [4.78, 5) is 21.2. The first kappa shape index (κ1) is 21.3. The molecule has 8 nitrogen and oxygen atoms in total. The molecule has 0 saturated carbocycles. The van der Waals surface area contributed by atoms with Crippen LogP contribution >= 0.6 is 0 Å². The molecule has 1 N–H and O–H groups in total. The first-order chi connectivity index (χ1) is 15.1. The van der Waals surface area contributed by atoms with Crippen molar-refractivity contribution in [1.29, 1.82) is 0 Å². The molecule has 1 aromatic heterocycles. The smallest absolute Gasteiger partial charge is 0.338 e. The lowest BCUT2D eigenvalue weighted by molar-refractivity contribution is -0.0212. The van der Waals surface area contributed by atoms with E-state index in [0.29, 0.717) is 11.1 Å². The molecule has 1 unspecified atom stereocenters. The second kappa shape index (κ2) is 9.47. The Kier molecular flexibility index (Phi) is 6.50. The highest BCUT2D eigenvalue weighted by Crippen LogP contribution is 2.24. The third-order valence-corrected chi connectivity index (χ3v) is 5.75. The van der Waals surface area contributed by atoms with Crippen molar-refractivity contribution in [2.45, 2.75) is 13.2 Å². The highest BCUT2D eigenvalue weighted by molar-refractivity contribution is 5.94. The number of imidazole rings is 1. The molecular weight excluding hydrogens is 396 g/mol. The van der Waals surface area contributed by atoms with Crippen LogP contribution in [0.2, 0.25) is 0 Å². The van der Waals surface area contributed by atoms with Crippen LogP contribution in [0.1, 0.15) is 17.3 Å².